The standard InChI is InChI=1S/C33H30FN3O4S2/c1-21(2)17-18-41-26-10-6-9-24(19-26)29-28(27(38)16-13-22-7-4-3-5-8-22)30(39)31(40)37(29)32-35-36-33(43-32)42-20-23-11-14-25(34)15-12-23/h3-16,19,21,29,39H,17-18,20H2,1-2H3/b16-13+. The Morgan fingerprint density at radius 3 is 2.60 bits per heavy atom. The summed E-state index contributed by atoms with van der Waals surface area (Å²) in [6, 6.07) is 21.7. The Balaban J connectivity index is 1.46. The third kappa shape index (κ3) is 7.39. The Morgan fingerprint density at radius 2 is 1.86 bits per heavy atom. The molecule has 7 nitrogen and oxygen atoms in total. The topological polar surface area (TPSA) is 92.6 Å². The number of allylic oxidation sites excluding steroid dienone is 1. The molecule has 1 unspecified atom stereocenters. The van der Waals surface area contributed by atoms with E-state index in [1.165, 1.54) is 46.2 Å². The number of aliphatic hydroxyl groups is 1. The Hall–Kier alpha value is -4.28. The summed E-state index contributed by atoms with van der Waals surface area (Å²) < 4.78 is 19.8. The van der Waals surface area contributed by atoms with Gasteiger partial charge in [-0.3, -0.25) is 14.5 Å². The molecule has 0 bridgehead atoms. The number of aliphatic hydroxyl groups excluding tert-OH is 1. The van der Waals surface area contributed by atoms with E-state index in [1.807, 2.05) is 36.4 Å². The molecular weight excluding hydrogens is 586 g/mol. The molecule has 0 fully saturated rings. The van der Waals surface area contributed by atoms with Gasteiger partial charge in [-0.25, -0.2) is 4.39 Å². The highest BCUT2D eigenvalue weighted by Gasteiger charge is 2.45. The zero-order valence-corrected chi connectivity index (χ0v) is 25.3. The van der Waals surface area contributed by atoms with Gasteiger partial charge in [-0.15, -0.1) is 10.2 Å². The SMILES string of the molecule is CC(C)CCOc1cccc(C2C(C(=O)/C=C/c3ccccc3)=C(O)C(=O)N2c2nnc(SCc3ccc(F)cc3)s2)c1. The highest BCUT2D eigenvalue weighted by molar-refractivity contribution is 8.00. The van der Waals surface area contributed by atoms with E-state index in [4.69, 9.17) is 4.74 Å². The highest BCUT2D eigenvalue weighted by atomic mass is 32.2. The van der Waals surface area contributed by atoms with Gasteiger partial charge in [0.25, 0.3) is 5.91 Å². The van der Waals surface area contributed by atoms with Gasteiger partial charge in [-0.05, 0) is 59.4 Å². The summed E-state index contributed by atoms with van der Waals surface area (Å²) >= 11 is 2.57. The minimum Gasteiger partial charge on any atom is -0.503 e. The Bertz CT molecular complexity index is 1650. The second-order valence-electron chi connectivity index (χ2n) is 10.3. The number of ether oxygens (including phenoxy) is 1. The molecule has 0 saturated carbocycles. The van der Waals surface area contributed by atoms with Crippen LogP contribution in [-0.4, -0.2) is 33.6 Å². The van der Waals surface area contributed by atoms with Gasteiger partial charge in [0.2, 0.25) is 5.13 Å². The molecule has 2 heterocycles. The number of hydrogen-bond acceptors (Lipinski definition) is 8. The number of benzene rings is 3. The minimum atomic E-state index is -0.947. The van der Waals surface area contributed by atoms with Crippen LogP contribution in [0.3, 0.4) is 0 Å². The van der Waals surface area contributed by atoms with Gasteiger partial charge in [0, 0.05) is 5.75 Å². The van der Waals surface area contributed by atoms with Crippen molar-refractivity contribution >= 4 is 46.0 Å². The van der Waals surface area contributed by atoms with E-state index >= 15 is 0 Å². The molecule has 0 aliphatic carbocycles. The summed E-state index contributed by atoms with van der Waals surface area (Å²) in [5.74, 6) is -0.580. The van der Waals surface area contributed by atoms with Crippen molar-refractivity contribution < 1.29 is 23.8 Å². The van der Waals surface area contributed by atoms with Crippen LogP contribution in [0.25, 0.3) is 6.08 Å². The fourth-order valence-electron chi connectivity index (χ4n) is 4.47. The molecule has 1 aliphatic rings. The van der Waals surface area contributed by atoms with E-state index in [1.54, 1.807) is 36.4 Å². The van der Waals surface area contributed by atoms with Crippen LogP contribution >= 0.6 is 23.1 Å². The number of anilines is 1. The second-order valence-corrected chi connectivity index (χ2v) is 12.5. The van der Waals surface area contributed by atoms with E-state index in [-0.39, 0.29) is 16.5 Å². The number of thioether (sulfide) groups is 1. The normalized spacial score (nSPS) is 15.2. The van der Waals surface area contributed by atoms with Gasteiger partial charge in [-0.2, -0.15) is 0 Å². The van der Waals surface area contributed by atoms with Crippen molar-refractivity contribution in [1.82, 2.24) is 10.2 Å². The van der Waals surface area contributed by atoms with Crippen LogP contribution in [0.4, 0.5) is 9.52 Å². The number of carbonyl (C=O) groups is 2. The van der Waals surface area contributed by atoms with Gasteiger partial charge in [0.05, 0.1) is 18.2 Å². The van der Waals surface area contributed by atoms with Crippen LogP contribution in [-0.2, 0) is 15.3 Å². The predicted molar refractivity (Wildman–Crippen MR) is 168 cm³/mol. The molecule has 0 saturated heterocycles. The molecular formula is C33H30FN3O4S2. The lowest BCUT2D eigenvalue weighted by Crippen LogP contribution is -2.30. The van der Waals surface area contributed by atoms with E-state index < -0.39 is 23.5 Å². The van der Waals surface area contributed by atoms with Gasteiger partial charge in [0.1, 0.15) is 11.6 Å². The largest absolute Gasteiger partial charge is 0.503 e. The van der Waals surface area contributed by atoms with Crippen LogP contribution in [0.1, 0.15) is 43.0 Å². The molecule has 220 valence electrons. The smallest absolute Gasteiger partial charge is 0.296 e. The lowest BCUT2D eigenvalue weighted by Gasteiger charge is -2.24. The average Bonchev–Trinajstić information content (AvgIpc) is 3.58. The molecule has 0 spiro atoms. The third-order valence-electron chi connectivity index (χ3n) is 6.72. The molecule has 0 radical (unpaired) electrons. The van der Waals surface area contributed by atoms with Crippen molar-refractivity contribution in [3.8, 4) is 5.75 Å². The number of rotatable bonds is 12. The van der Waals surface area contributed by atoms with Crippen molar-refractivity contribution in [2.75, 3.05) is 11.5 Å². The Kier molecular flexibility index (Phi) is 9.68. The number of ketones is 1. The number of nitrogens with zero attached hydrogens (tertiary/aromatic N) is 3. The van der Waals surface area contributed by atoms with Gasteiger partial charge >= 0.3 is 0 Å². The first kappa shape index (κ1) is 30.2. The van der Waals surface area contributed by atoms with E-state index in [0.29, 0.717) is 33.9 Å². The monoisotopic (exact) mass is 615 g/mol. The Morgan fingerprint density at radius 1 is 1.09 bits per heavy atom. The molecule has 1 aromatic heterocycles. The first-order valence-corrected chi connectivity index (χ1v) is 15.6. The third-order valence-corrected chi connectivity index (χ3v) is 8.84. The number of amides is 1. The zero-order valence-electron chi connectivity index (χ0n) is 23.6. The summed E-state index contributed by atoms with van der Waals surface area (Å²) in [4.78, 5) is 28.4. The first-order valence-electron chi connectivity index (χ1n) is 13.8. The maximum Gasteiger partial charge on any atom is 0.296 e. The van der Waals surface area contributed by atoms with Gasteiger partial charge in [0.15, 0.2) is 15.9 Å². The van der Waals surface area contributed by atoms with E-state index in [0.717, 1.165) is 17.5 Å². The summed E-state index contributed by atoms with van der Waals surface area (Å²) in [5, 5.41) is 19.8. The highest BCUT2D eigenvalue weighted by Crippen LogP contribution is 2.44. The van der Waals surface area contributed by atoms with E-state index in [9.17, 15) is 19.1 Å². The van der Waals surface area contributed by atoms with E-state index in [2.05, 4.69) is 24.0 Å². The zero-order chi connectivity index (χ0) is 30.3. The van der Waals surface area contributed by atoms with Crippen molar-refractivity contribution in [1.29, 1.82) is 0 Å². The fraction of sp³-hybridized carbons (Fsp3) is 0.212. The summed E-state index contributed by atoms with van der Waals surface area (Å²) in [6.07, 6.45) is 3.88. The molecule has 1 atom stereocenters. The maximum absolute atomic E-state index is 13.6. The Labute approximate surface area is 257 Å². The maximum atomic E-state index is 13.6. The lowest BCUT2D eigenvalue weighted by molar-refractivity contribution is -0.117. The van der Waals surface area contributed by atoms with Crippen molar-refractivity contribution in [3.05, 3.63) is 119 Å². The van der Waals surface area contributed by atoms with Crippen LogP contribution in [0, 0.1) is 11.7 Å². The molecule has 4 aromatic rings. The predicted octanol–water partition coefficient (Wildman–Crippen LogP) is 7.58. The van der Waals surface area contributed by atoms with Crippen molar-refractivity contribution in [2.45, 2.75) is 36.4 Å². The molecule has 1 amide bonds. The van der Waals surface area contributed by atoms with Gasteiger partial charge in [-0.1, -0.05) is 97.6 Å². The first-order chi connectivity index (χ1) is 20.8. The number of halogens is 1. The second kappa shape index (κ2) is 13.8. The molecule has 43 heavy (non-hydrogen) atoms. The molecule has 1 N–H and O–H groups in total. The van der Waals surface area contributed by atoms with Crippen molar-refractivity contribution in [2.24, 2.45) is 5.92 Å². The summed E-state index contributed by atoms with van der Waals surface area (Å²) in [6.45, 7) is 4.75. The minimum absolute atomic E-state index is 0.0489. The molecule has 5 rings (SSSR count). The quantitative estimate of drug-likeness (QED) is 0.0998. The van der Waals surface area contributed by atoms with Crippen LogP contribution in [0.15, 0.2) is 101 Å². The lowest BCUT2D eigenvalue weighted by atomic mass is 9.95. The number of aromatic nitrogens is 2. The fourth-order valence-corrected chi connectivity index (χ4v) is 6.29. The molecule has 10 heteroatoms. The summed E-state index contributed by atoms with van der Waals surface area (Å²) in [5.41, 5.74) is 2.25. The molecule has 1 aliphatic heterocycles. The van der Waals surface area contributed by atoms with Crippen LogP contribution in [0.5, 0.6) is 5.75 Å². The number of carbonyl (C=O) groups excluding carboxylic acids is 2. The number of hydrogen-bond donors (Lipinski definition) is 1. The van der Waals surface area contributed by atoms with Crippen LogP contribution < -0.4 is 9.64 Å². The van der Waals surface area contributed by atoms with Crippen molar-refractivity contribution in [3.63, 3.8) is 0 Å². The van der Waals surface area contributed by atoms with Crippen LogP contribution in [0.2, 0.25) is 0 Å². The summed E-state index contributed by atoms with van der Waals surface area (Å²) in [7, 11) is 0. The van der Waals surface area contributed by atoms with Gasteiger partial charge < -0.3 is 9.84 Å². The average molecular weight is 616 g/mol. The molecule has 3 aromatic carbocycles.